The first-order chi connectivity index (χ1) is 9.86. The summed E-state index contributed by atoms with van der Waals surface area (Å²) in [5.74, 6) is 0. The van der Waals surface area contributed by atoms with Crippen molar-refractivity contribution in [3.05, 3.63) is 69.5 Å². The molecular formula is C15H9Cl2F3S. The van der Waals surface area contributed by atoms with Gasteiger partial charge in [0.25, 0.3) is 0 Å². The van der Waals surface area contributed by atoms with Gasteiger partial charge in [-0.15, -0.1) is 0 Å². The van der Waals surface area contributed by atoms with Crippen LogP contribution in [0.2, 0.25) is 10.0 Å². The molecule has 0 N–H and O–H groups in total. The van der Waals surface area contributed by atoms with Crippen LogP contribution in [0.1, 0.15) is 5.56 Å². The van der Waals surface area contributed by atoms with Crippen LogP contribution < -0.4 is 0 Å². The zero-order valence-electron chi connectivity index (χ0n) is 10.5. The average molecular weight is 349 g/mol. The van der Waals surface area contributed by atoms with Crippen molar-refractivity contribution in [1.82, 2.24) is 0 Å². The van der Waals surface area contributed by atoms with E-state index in [1.54, 1.807) is 30.3 Å². The third-order valence-corrected chi connectivity index (χ3v) is 3.87. The van der Waals surface area contributed by atoms with Crippen molar-refractivity contribution < 1.29 is 13.2 Å². The lowest BCUT2D eigenvalue weighted by Gasteiger charge is -2.13. The van der Waals surface area contributed by atoms with E-state index in [1.165, 1.54) is 18.2 Å². The monoisotopic (exact) mass is 348 g/mol. The molecule has 0 atom stereocenters. The SMILES string of the molecule is FC(F)(F)C(=CSc1ccccc1)c1cc(Cl)cc(Cl)c1. The molecule has 0 saturated carbocycles. The molecule has 0 aliphatic rings. The summed E-state index contributed by atoms with van der Waals surface area (Å²) in [4.78, 5) is 0.715. The number of benzene rings is 2. The lowest BCUT2D eigenvalue weighted by molar-refractivity contribution is -0.0687. The Hall–Kier alpha value is -1.10. The summed E-state index contributed by atoms with van der Waals surface area (Å²) in [5.41, 5.74) is -0.829. The van der Waals surface area contributed by atoms with E-state index >= 15 is 0 Å². The second-order valence-corrected chi connectivity index (χ2v) is 5.93. The standard InChI is InChI=1S/C15H9Cl2F3S/c16-11-6-10(7-12(17)8-11)14(15(18,19)20)9-21-13-4-2-1-3-5-13/h1-9H. The Labute approximate surface area is 134 Å². The molecule has 0 nitrogen and oxygen atoms in total. The Morgan fingerprint density at radius 2 is 1.52 bits per heavy atom. The third kappa shape index (κ3) is 4.70. The molecule has 0 unspecified atom stereocenters. The van der Waals surface area contributed by atoms with Crippen molar-refractivity contribution in [2.24, 2.45) is 0 Å². The molecule has 0 amide bonds. The minimum atomic E-state index is -4.49. The number of thioether (sulfide) groups is 1. The summed E-state index contributed by atoms with van der Waals surface area (Å²) < 4.78 is 39.6. The van der Waals surface area contributed by atoms with Crippen LogP contribution in [0.4, 0.5) is 13.2 Å². The van der Waals surface area contributed by atoms with Crippen LogP contribution >= 0.6 is 35.0 Å². The fraction of sp³-hybridized carbons (Fsp3) is 0.0667. The molecule has 0 bridgehead atoms. The number of halogens is 5. The van der Waals surface area contributed by atoms with E-state index in [4.69, 9.17) is 23.2 Å². The topological polar surface area (TPSA) is 0 Å². The van der Waals surface area contributed by atoms with E-state index in [-0.39, 0.29) is 15.6 Å². The average Bonchev–Trinajstić information content (AvgIpc) is 2.37. The first-order valence-electron chi connectivity index (χ1n) is 5.82. The zero-order valence-corrected chi connectivity index (χ0v) is 12.8. The summed E-state index contributed by atoms with van der Waals surface area (Å²) in [7, 11) is 0. The molecule has 2 rings (SSSR count). The quantitative estimate of drug-likeness (QED) is 0.556. The van der Waals surface area contributed by atoms with Gasteiger partial charge < -0.3 is 0 Å². The van der Waals surface area contributed by atoms with Gasteiger partial charge in [-0.25, -0.2) is 0 Å². The van der Waals surface area contributed by atoms with Crippen LogP contribution in [0, 0.1) is 0 Å². The first kappa shape index (κ1) is 16.3. The molecule has 0 aliphatic carbocycles. The van der Waals surface area contributed by atoms with Crippen molar-refractivity contribution in [1.29, 1.82) is 0 Å². The van der Waals surface area contributed by atoms with Gasteiger partial charge in [0.15, 0.2) is 0 Å². The molecule has 0 heterocycles. The van der Waals surface area contributed by atoms with Crippen molar-refractivity contribution in [3.8, 4) is 0 Å². The highest BCUT2D eigenvalue weighted by Crippen LogP contribution is 2.38. The van der Waals surface area contributed by atoms with Gasteiger partial charge in [-0.2, -0.15) is 13.2 Å². The molecule has 0 aliphatic heterocycles. The van der Waals surface area contributed by atoms with Crippen molar-refractivity contribution in [2.75, 3.05) is 0 Å². The van der Waals surface area contributed by atoms with Crippen LogP contribution in [-0.4, -0.2) is 6.18 Å². The van der Waals surface area contributed by atoms with Crippen LogP contribution in [-0.2, 0) is 0 Å². The lowest BCUT2D eigenvalue weighted by Crippen LogP contribution is -2.10. The molecule has 2 aromatic carbocycles. The number of hydrogen-bond acceptors (Lipinski definition) is 1. The number of allylic oxidation sites excluding steroid dienone is 1. The fourth-order valence-electron chi connectivity index (χ4n) is 1.63. The van der Waals surface area contributed by atoms with Crippen LogP contribution in [0.25, 0.3) is 5.57 Å². The second kappa shape index (κ2) is 6.77. The minimum Gasteiger partial charge on any atom is -0.166 e. The molecular weight excluding hydrogens is 340 g/mol. The molecule has 0 aromatic heterocycles. The van der Waals surface area contributed by atoms with Crippen molar-refractivity contribution in [3.63, 3.8) is 0 Å². The Morgan fingerprint density at radius 3 is 2.05 bits per heavy atom. The van der Waals surface area contributed by atoms with Gasteiger partial charge in [0.2, 0.25) is 0 Å². The summed E-state index contributed by atoms with van der Waals surface area (Å²) in [6.45, 7) is 0. The van der Waals surface area contributed by atoms with Crippen LogP contribution in [0.5, 0.6) is 0 Å². The summed E-state index contributed by atoms with van der Waals surface area (Å²) in [6, 6.07) is 12.7. The smallest absolute Gasteiger partial charge is 0.166 e. The number of alkyl halides is 3. The van der Waals surface area contributed by atoms with E-state index in [0.717, 1.165) is 17.2 Å². The number of hydrogen-bond donors (Lipinski definition) is 0. The molecule has 6 heteroatoms. The maximum Gasteiger partial charge on any atom is 0.417 e. The van der Waals surface area contributed by atoms with Gasteiger partial charge >= 0.3 is 6.18 Å². The van der Waals surface area contributed by atoms with Crippen LogP contribution in [0.3, 0.4) is 0 Å². The molecule has 0 radical (unpaired) electrons. The van der Waals surface area contributed by atoms with Gasteiger partial charge in [-0.1, -0.05) is 53.2 Å². The van der Waals surface area contributed by atoms with Gasteiger partial charge in [0.1, 0.15) is 0 Å². The highest BCUT2D eigenvalue weighted by molar-refractivity contribution is 8.02. The van der Waals surface area contributed by atoms with Crippen LogP contribution in [0.15, 0.2) is 58.8 Å². The molecule has 2 aromatic rings. The third-order valence-electron chi connectivity index (χ3n) is 2.54. The molecule has 0 saturated heterocycles. The van der Waals surface area contributed by atoms with E-state index in [0.29, 0.717) is 4.90 Å². The Morgan fingerprint density at radius 1 is 0.952 bits per heavy atom. The molecule has 0 spiro atoms. The van der Waals surface area contributed by atoms with E-state index in [2.05, 4.69) is 0 Å². The second-order valence-electron chi connectivity index (χ2n) is 4.12. The fourth-order valence-corrected chi connectivity index (χ4v) is 3.00. The lowest BCUT2D eigenvalue weighted by atomic mass is 10.1. The maximum absolute atomic E-state index is 13.2. The minimum absolute atomic E-state index is 0.0524. The van der Waals surface area contributed by atoms with Gasteiger partial charge in [-0.3, -0.25) is 0 Å². The normalized spacial score (nSPS) is 12.5. The summed E-state index contributed by atoms with van der Waals surface area (Å²) >= 11 is 12.5. The molecule has 0 fully saturated rings. The highest BCUT2D eigenvalue weighted by Gasteiger charge is 2.35. The van der Waals surface area contributed by atoms with Crippen molar-refractivity contribution in [2.45, 2.75) is 11.1 Å². The summed E-state index contributed by atoms with van der Waals surface area (Å²) in [6.07, 6.45) is -4.49. The number of rotatable bonds is 3. The molecule has 21 heavy (non-hydrogen) atoms. The van der Waals surface area contributed by atoms with Gasteiger partial charge in [-0.05, 0) is 41.3 Å². The Kier molecular flexibility index (Phi) is 5.25. The summed E-state index contributed by atoms with van der Waals surface area (Å²) in [5, 5.41) is 1.40. The van der Waals surface area contributed by atoms with E-state index in [9.17, 15) is 13.2 Å². The Balaban J connectivity index is 2.39. The first-order valence-corrected chi connectivity index (χ1v) is 7.45. The zero-order chi connectivity index (χ0) is 15.5. The van der Waals surface area contributed by atoms with E-state index in [1.807, 2.05) is 0 Å². The predicted octanol–water partition coefficient (Wildman–Crippen LogP) is 6.69. The predicted molar refractivity (Wildman–Crippen MR) is 82.8 cm³/mol. The molecule has 110 valence electrons. The Bertz CT molecular complexity index is 631. The van der Waals surface area contributed by atoms with Gasteiger partial charge in [0, 0.05) is 14.9 Å². The van der Waals surface area contributed by atoms with E-state index < -0.39 is 11.7 Å². The maximum atomic E-state index is 13.2. The van der Waals surface area contributed by atoms with Crippen molar-refractivity contribution >= 4 is 40.5 Å². The van der Waals surface area contributed by atoms with Gasteiger partial charge in [0.05, 0.1) is 5.57 Å². The highest BCUT2D eigenvalue weighted by atomic mass is 35.5. The largest absolute Gasteiger partial charge is 0.417 e.